The van der Waals surface area contributed by atoms with Crippen molar-refractivity contribution in [3.8, 4) is 5.75 Å². The van der Waals surface area contributed by atoms with Crippen molar-refractivity contribution in [1.29, 1.82) is 0 Å². The predicted molar refractivity (Wildman–Crippen MR) is 72.0 cm³/mol. The molecule has 0 aliphatic carbocycles. The van der Waals surface area contributed by atoms with Crippen molar-refractivity contribution in [3.05, 3.63) is 47.8 Å². The van der Waals surface area contributed by atoms with Gasteiger partial charge < -0.3 is 14.6 Å². The molecular weight excluding hydrogens is 261 g/mol. The highest BCUT2D eigenvalue weighted by Gasteiger charge is 2.20. The quantitative estimate of drug-likeness (QED) is 0.930. The van der Waals surface area contributed by atoms with E-state index in [1.807, 2.05) is 0 Å². The van der Waals surface area contributed by atoms with Gasteiger partial charge in [0.1, 0.15) is 11.6 Å². The van der Waals surface area contributed by atoms with Gasteiger partial charge in [-0.2, -0.15) is 0 Å². The number of methoxy groups -OCH3 is 1. The summed E-state index contributed by atoms with van der Waals surface area (Å²) in [7, 11) is 3.18. The van der Waals surface area contributed by atoms with E-state index >= 15 is 0 Å². The van der Waals surface area contributed by atoms with E-state index in [0.29, 0.717) is 11.3 Å². The maximum atomic E-state index is 13.9. The summed E-state index contributed by atoms with van der Waals surface area (Å²) < 4.78 is 20.6. The van der Waals surface area contributed by atoms with Gasteiger partial charge in [0, 0.05) is 19.4 Å². The second kappa shape index (κ2) is 5.73. The summed E-state index contributed by atoms with van der Waals surface area (Å²) in [5, 5.41) is 2.71. The van der Waals surface area contributed by atoms with Crippen LogP contribution in [0.1, 0.15) is 29.1 Å². The van der Waals surface area contributed by atoms with Crippen molar-refractivity contribution in [1.82, 2.24) is 14.9 Å². The monoisotopic (exact) mass is 277 g/mol. The van der Waals surface area contributed by atoms with Crippen molar-refractivity contribution in [3.63, 3.8) is 0 Å². The minimum Gasteiger partial charge on any atom is -0.496 e. The van der Waals surface area contributed by atoms with Crippen LogP contribution in [0.3, 0.4) is 0 Å². The minimum absolute atomic E-state index is 0.271. The van der Waals surface area contributed by atoms with Crippen LogP contribution in [-0.2, 0) is 7.05 Å². The molecule has 1 atom stereocenters. The van der Waals surface area contributed by atoms with Gasteiger partial charge in [0.15, 0.2) is 5.82 Å². The Hall–Kier alpha value is -2.37. The molecule has 1 aromatic carbocycles. The van der Waals surface area contributed by atoms with E-state index < -0.39 is 11.9 Å². The van der Waals surface area contributed by atoms with Gasteiger partial charge in [0.25, 0.3) is 5.91 Å². The number of hydrogen-bond donors (Lipinski definition) is 1. The average molecular weight is 277 g/mol. The third-order valence-corrected chi connectivity index (χ3v) is 3.04. The molecule has 1 N–H and O–H groups in total. The van der Waals surface area contributed by atoms with Crippen molar-refractivity contribution in [2.45, 2.75) is 13.0 Å². The molecule has 0 fully saturated rings. The standard InChI is InChI=1S/C14H16FN3O2/c1-9(12-10(15)5-4-6-11(12)20-3)17-14(19)13-16-7-8-18(13)2/h4-9H,1-3H3,(H,17,19)/t9-/m1/s1. The summed E-state index contributed by atoms with van der Waals surface area (Å²) in [6, 6.07) is 4.02. The number of carbonyl (C=O) groups is 1. The Morgan fingerprint density at radius 2 is 2.25 bits per heavy atom. The van der Waals surface area contributed by atoms with Gasteiger partial charge in [0.05, 0.1) is 18.7 Å². The molecule has 0 radical (unpaired) electrons. The zero-order valence-corrected chi connectivity index (χ0v) is 11.6. The number of nitrogens with one attached hydrogen (secondary N) is 1. The number of amides is 1. The highest BCUT2D eigenvalue weighted by Crippen LogP contribution is 2.27. The lowest BCUT2D eigenvalue weighted by molar-refractivity contribution is 0.0925. The number of benzene rings is 1. The number of nitrogens with zero attached hydrogens (tertiary/aromatic N) is 2. The van der Waals surface area contributed by atoms with Crippen LogP contribution in [-0.4, -0.2) is 22.6 Å². The molecular formula is C14H16FN3O2. The minimum atomic E-state index is -0.532. The molecule has 1 aromatic heterocycles. The number of ether oxygens (including phenoxy) is 1. The zero-order chi connectivity index (χ0) is 14.7. The van der Waals surface area contributed by atoms with E-state index in [4.69, 9.17) is 4.74 Å². The van der Waals surface area contributed by atoms with Crippen LogP contribution in [0, 0.1) is 5.82 Å². The second-order valence-corrected chi connectivity index (χ2v) is 4.41. The number of hydrogen-bond acceptors (Lipinski definition) is 3. The van der Waals surface area contributed by atoms with E-state index in [9.17, 15) is 9.18 Å². The Morgan fingerprint density at radius 3 is 2.85 bits per heavy atom. The molecule has 0 aliphatic rings. The molecule has 0 aliphatic heterocycles. The third-order valence-electron chi connectivity index (χ3n) is 3.04. The van der Waals surface area contributed by atoms with Gasteiger partial charge in [-0.05, 0) is 19.1 Å². The van der Waals surface area contributed by atoms with Crippen LogP contribution in [0.4, 0.5) is 4.39 Å². The van der Waals surface area contributed by atoms with Gasteiger partial charge in [-0.3, -0.25) is 4.79 Å². The molecule has 6 heteroatoms. The van der Waals surface area contributed by atoms with Crippen molar-refractivity contribution in [2.75, 3.05) is 7.11 Å². The fourth-order valence-electron chi connectivity index (χ4n) is 2.03. The smallest absolute Gasteiger partial charge is 0.287 e. The summed E-state index contributed by atoms with van der Waals surface area (Å²) in [6.07, 6.45) is 3.20. The molecule has 0 unspecified atom stereocenters. The van der Waals surface area contributed by atoms with Crippen LogP contribution in [0.25, 0.3) is 0 Å². The summed E-state index contributed by atoms with van der Waals surface area (Å²) in [6.45, 7) is 1.70. The Morgan fingerprint density at radius 1 is 1.50 bits per heavy atom. The van der Waals surface area contributed by atoms with E-state index in [1.165, 1.54) is 19.4 Å². The van der Waals surface area contributed by atoms with Crippen LogP contribution < -0.4 is 10.1 Å². The number of aromatic nitrogens is 2. The molecule has 0 saturated carbocycles. The van der Waals surface area contributed by atoms with E-state index in [2.05, 4.69) is 10.3 Å². The third kappa shape index (κ3) is 2.64. The number of halogens is 1. The van der Waals surface area contributed by atoms with Gasteiger partial charge in [0.2, 0.25) is 0 Å². The number of imidazole rings is 1. The molecule has 0 bridgehead atoms. The number of aryl methyl sites for hydroxylation is 1. The van der Waals surface area contributed by atoms with Crippen molar-refractivity contribution >= 4 is 5.91 Å². The molecule has 5 nitrogen and oxygen atoms in total. The zero-order valence-electron chi connectivity index (χ0n) is 11.6. The normalized spacial score (nSPS) is 12.0. The van der Waals surface area contributed by atoms with Crippen LogP contribution >= 0.6 is 0 Å². The lowest BCUT2D eigenvalue weighted by Gasteiger charge is -2.17. The fourth-order valence-corrected chi connectivity index (χ4v) is 2.03. The maximum absolute atomic E-state index is 13.9. The molecule has 106 valence electrons. The van der Waals surface area contributed by atoms with Crippen LogP contribution in [0.15, 0.2) is 30.6 Å². The fraction of sp³-hybridized carbons (Fsp3) is 0.286. The summed E-state index contributed by atoms with van der Waals surface area (Å²) in [4.78, 5) is 16.0. The number of carbonyl (C=O) groups excluding carboxylic acids is 1. The second-order valence-electron chi connectivity index (χ2n) is 4.41. The van der Waals surface area contributed by atoms with Gasteiger partial charge >= 0.3 is 0 Å². The van der Waals surface area contributed by atoms with Crippen molar-refractivity contribution in [2.24, 2.45) is 7.05 Å². The Labute approximate surface area is 116 Å². The Balaban J connectivity index is 2.23. The van der Waals surface area contributed by atoms with Crippen LogP contribution in [0.2, 0.25) is 0 Å². The Bertz CT molecular complexity index is 625. The molecule has 1 heterocycles. The largest absolute Gasteiger partial charge is 0.496 e. The first-order valence-electron chi connectivity index (χ1n) is 6.15. The first-order chi connectivity index (χ1) is 9.54. The predicted octanol–water partition coefficient (Wildman–Crippen LogP) is 2.06. The summed E-state index contributed by atoms with van der Waals surface area (Å²) >= 11 is 0. The molecule has 1 amide bonds. The van der Waals surface area contributed by atoms with E-state index in [-0.39, 0.29) is 11.7 Å². The van der Waals surface area contributed by atoms with Gasteiger partial charge in [-0.1, -0.05) is 6.07 Å². The lowest BCUT2D eigenvalue weighted by atomic mass is 10.1. The summed E-state index contributed by atoms with van der Waals surface area (Å²) in [5.41, 5.74) is 0.317. The Kier molecular flexibility index (Phi) is 4.02. The molecule has 0 spiro atoms. The summed E-state index contributed by atoms with van der Waals surface area (Å²) in [5.74, 6) is -0.114. The first-order valence-corrected chi connectivity index (χ1v) is 6.15. The van der Waals surface area contributed by atoms with Crippen molar-refractivity contribution < 1.29 is 13.9 Å². The van der Waals surface area contributed by atoms with E-state index in [1.54, 1.807) is 36.9 Å². The molecule has 2 rings (SSSR count). The number of rotatable bonds is 4. The average Bonchev–Trinajstić information content (AvgIpc) is 2.84. The SMILES string of the molecule is COc1cccc(F)c1[C@@H](C)NC(=O)c1nccn1C. The molecule has 20 heavy (non-hydrogen) atoms. The maximum Gasteiger partial charge on any atom is 0.287 e. The highest BCUT2D eigenvalue weighted by atomic mass is 19.1. The lowest BCUT2D eigenvalue weighted by Crippen LogP contribution is -2.29. The first kappa shape index (κ1) is 14.0. The topological polar surface area (TPSA) is 56.1 Å². The highest BCUT2D eigenvalue weighted by molar-refractivity contribution is 5.91. The van der Waals surface area contributed by atoms with Crippen LogP contribution in [0.5, 0.6) is 5.75 Å². The van der Waals surface area contributed by atoms with Gasteiger partial charge in [-0.25, -0.2) is 9.37 Å². The van der Waals surface area contributed by atoms with E-state index in [0.717, 1.165) is 0 Å². The van der Waals surface area contributed by atoms with Gasteiger partial charge in [-0.15, -0.1) is 0 Å². The molecule has 0 saturated heterocycles. The molecule has 2 aromatic rings.